The van der Waals surface area contributed by atoms with Gasteiger partial charge in [0.15, 0.2) is 0 Å². The van der Waals surface area contributed by atoms with Gasteiger partial charge in [0.05, 0.1) is 9.79 Å². The predicted molar refractivity (Wildman–Crippen MR) is 79.5 cm³/mol. The van der Waals surface area contributed by atoms with Crippen LogP contribution < -0.4 is 0 Å². The zero-order valence-corrected chi connectivity index (χ0v) is 13.1. The molecule has 0 amide bonds. The quantitative estimate of drug-likeness (QED) is 0.812. The predicted octanol–water partition coefficient (Wildman–Crippen LogP) is 3.40. The molecule has 0 bridgehead atoms. The largest absolute Gasteiger partial charge is 0.292 e. The second kappa shape index (κ2) is 5.57. The molecule has 0 aliphatic heterocycles. The first-order valence-corrected chi connectivity index (χ1v) is 8.93. The molecule has 2 aromatic rings. The summed E-state index contributed by atoms with van der Waals surface area (Å²) in [5.41, 5.74) is 1.52. The van der Waals surface area contributed by atoms with Gasteiger partial charge in [-0.2, -0.15) is 8.42 Å². The van der Waals surface area contributed by atoms with Gasteiger partial charge in [0.1, 0.15) is 0 Å². The molecular formula is C14H14FNO3S2. The van der Waals surface area contributed by atoms with Crippen LogP contribution in [0.3, 0.4) is 0 Å². The number of aryl methyl sites for hydroxylation is 2. The summed E-state index contributed by atoms with van der Waals surface area (Å²) in [6.45, 7) is 3.48. The topological polar surface area (TPSA) is 63.6 Å². The normalized spacial score (nSPS) is 14.4. The SMILES string of the molecule is Cc1ccc(S(=O)(=O)N=S(=O)(F)c2cccc(C)c2)cc1. The number of rotatable bonds is 3. The summed E-state index contributed by atoms with van der Waals surface area (Å²) in [5.74, 6) is 0. The van der Waals surface area contributed by atoms with Crippen LogP contribution in [0.2, 0.25) is 0 Å². The molecule has 0 aliphatic carbocycles. The molecule has 0 aliphatic rings. The van der Waals surface area contributed by atoms with Crippen molar-refractivity contribution >= 4 is 20.1 Å². The van der Waals surface area contributed by atoms with Crippen LogP contribution in [0, 0.1) is 13.8 Å². The van der Waals surface area contributed by atoms with Gasteiger partial charge in [-0.3, -0.25) is 0 Å². The highest BCUT2D eigenvalue weighted by atomic mass is 32.3. The van der Waals surface area contributed by atoms with Crippen molar-refractivity contribution in [1.29, 1.82) is 0 Å². The Morgan fingerprint density at radius 2 is 1.48 bits per heavy atom. The highest BCUT2D eigenvalue weighted by Gasteiger charge is 2.20. The summed E-state index contributed by atoms with van der Waals surface area (Å²) in [4.78, 5) is -0.440. The first-order chi connectivity index (χ1) is 9.71. The molecular weight excluding hydrogens is 313 g/mol. The summed E-state index contributed by atoms with van der Waals surface area (Å²) in [6.07, 6.45) is 0. The minimum atomic E-state index is -4.51. The van der Waals surface area contributed by atoms with Crippen molar-refractivity contribution in [3.8, 4) is 0 Å². The Morgan fingerprint density at radius 1 is 0.857 bits per heavy atom. The van der Waals surface area contributed by atoms with Gasteiger partial charge in [-0.15, -0.1) is 3.89 Å². The van der Waals surface area contributed by atoms with Crippen molar-refractivity contribution in [2.75, 3.05) is 0 Å². The Hall–Kier alpha value is -1.73. The molecule has 0 saturated heterocycles. The Balaban J connectivity index is 2.55. The summed E-state index contributed by atoms with van der Waals surface area (Å²) < 4.78 is 53.3. The minimum absolute atomic E-state index is 0.189. The van der Waals surface area contributed by atoms with Crippen molar-refractivity contribution in [1.82, 2.24) is 0 Å². The molecule has 0 aromatic heterocycles. The number of hydrogen-bond acceptors (Lipinski definition) is 3. The standard InChI is InChI=1S/C14H14FNO3S2/c1-11-6-8-13(9-7-11)21(18,19)16-20(15,17)14-5-3-4-12(2)10-14/h3-10H,1-2H3. The van der Waals surface area contributed by atoms with E-state index < -0.39 is 20.1 Å². The van der Waals surface area contributed by atoms with E-state index in [4.69, 9.17) is 0 Å². The van der Waals surface area contributed by atoms with E-state index in [-0.39, 0.29) is 9.79 Å². The maximum atomic E-state index is 14.2. The maximum Gasteiger partial charge on any atom is 0.292 e. The van der Waals surface area contributed by atoms with Crippen molar-refractivity contribution in [2.24, 2.45) is 3.77 Å². The fraction of sp³-hybridized carbons (Fsp3) is 0.143. The molecule has 21 heavy (non-hydrogen) atoms. The monoisotopic (exact) mass is 327 g/mol. The Morgan fingerprint density at radius 3 is 2.05 bits per heavy atom. The third-order valence-electron chi connectivity index (χ3n) is 2.79. The lowest BCUT2D eigenvalue weighted by Gasteiger charge is -2.03. The number of halogens is 1. The van der Waals surface area contributed by atoms with Crippen LogP contribution in [-0.2, 0) is 20.1 Å². The van der Waals surface area contributed by atoms with Gasteiger partial charge < -0.3 is 0 Å². The van der Waals surface area contributed by atoms with Crippen molar-refractivity contribution in [3.05, 3.63) is 59.7 Å². The first kappa shape index (κ1) is 15.7. The van der Waals surface area contributed by atoms with Crippen LogP contribution in [-0.4, -0.2) is 12.6 Å². The van der Waals surface area contributed by atoms with Crippen molar-refractivity contribution < 1.29 is 16.5 Å². The Kier molecular flexibility index (Phi) is 4.15. The van der Waals surface area contributed by atoms with Crippen LogP contribution in [0.4, 0.5) is 3.89 Å². The van der Waals surface area contributed by atoms with Gasteiger partial charge in [0.2, 0.25) is 10.1 Å². The van der Waals surface area contributed by atoms with Crippen LogP contribution in [0.5, 0.6) is 0 Å². The smallest absolute Gasteiger partial charge is 0.210 e. The zero-order valence-electron chi connectivity index (χ0n) is 11.5. The Labute approximate surface area is 124 Å². The third-order valence-corrected chi connectivity index (χ3v) is 6.05. The lowest BCUT2D eigenvalue weighted by Crippen LogP contribution is -2.02. The van der Waals surface area contributed by atoms with Gasteiger partial charge in [0, 0.05) is 0 Å². The number of benzene rings is 2. The van der Waals surface area contributed by atoms with Crippen molar-refractivity contribution in [2.45, 2.75) is 23.6 Å². The number of nitrogens with zero attached hydrogens (tertiary/aromatic N) is 1. The molecule has 0 N–H and O–H groups in total. The fourth-order valence-electron chi connectivity index (χ4n) is 1.69. The van der Waals surface area contributed by atoms with E-state index >= 15 is 0 Å². The van der Waals surface area contributed by atoms with E-state index in [9.17, 15) is 16.5 Å². The van der Waals surface area contributed by atoms with Gasteiger partial charge in [-0.1, -0.05) is 33.6 Å². The number of sulfonamides is 1. The molecule has 0 radical (unpaired) electrons. The lowest BCUT2D eigenvalue weighted by molar-refractivity contribution is 0.596. The van der Waals surface area contributed by atoms with E-state index in [1.165, 1.54) is 30.3 Å². The lowest BCUT2D eigenvalue weighted by atomic mass is 10.2. The molecule has 1 atom stereocenters. The second-order valence-corrected chi connectivity index (χ2v) is 8.04. The van der Waals surface area contributed by atoms with E-state index in [1.807, 2.05) is 0 Å². The summed E-state index contributed by atoms with van der Waals surface area (Å²) in [7, 11) is -8.83. The Bertz CT molecular complexity index is 881. The van der Waals surface area contributed by atoms with Gasteiger partial charge >= 0.3 is 0 Å². The van der Waals surface area contributed by atoms with Crippen LogP contribution in [0.15, 0.2) is 62.1 Å². The molecule has 1 unspecified atom stereocenters. The van der Waals surface area contributed by atoms with E-state index in [0.717, 1.165) is 5.56 Å². The molecule has 0 fully saturated rings. The summed E-state index contributed by atoms with van der Waals surface area (Å²) in [5, 5.41) is 0. The average Bonchev–Trinajstić information content (AvgIpc) is 2.38. The first-order valence-electron chi connectivity index (χ1n) is 6.07. The van der Waals surface area contributed by atoms with Crippen LogP contribution >= 0.6 is 0 Å². The van der Waals surface area contributed by atoms with Gasteiger partial charge in [0.25, 0.3) is 10.0 Å². The van der Waals surface area contributed by atoms with E-state index in [0.29, 0.717) is 5.56 Å². The zero-order chi connectivity index (χ0) is 15.7. The molecule has 7 heteroatoms. The van der Waals surface area contributed by atoms with Gasteiger partial charge in [-0.25, -0.2) is 4.21 Å². The molecule has 0 saturated carbocycles. The van der Waals surface area contributed by atoms with E-state index in [2.05, 4.69) is 3.77 Å². The van der Waals surface area contributed by atoms with Crippen molar-refractivity contribution in [3.63, 3.8) is 0 Å². The van der Waals surface area contributed by atoms with E-state index in [1.54, 1.807) is 32.0 Å². The molecule has 4 nitrogen and oxygen atoms in total. The van der Waals surface area contributed by atoms with Crippen LogP contribution in [0.1, 0.15) is 11.1 Å². The molecule has 112 valence electrons. The molecule has 2 rings (SSSR count). The second-order valence-electron chi connectivity index (χ2n) is 4.64. The summed E-state index contributed by atoms with van der Waals surface area (Å²) >= 11 is 0. The maximum absolute atomic E-state index is 14.2. The average molecular weight is 327 g/mol. The summed E-state index contributed by atoms with van der Waals surface area (Å²) in [6, 6.07) is 11.5. The molecule has 0 heterocycles. The highest BCUT2D eigenvalue weighted by molar-refractivity contribution is 8.00. The minimum Gasteiger partial charge on any atom is -0.210 e. The molecule has 0 spiro atoms. The fourth-order valence-corrected chi connectivity index (χ4v) is 4.45. The highest BCUT2D eigenvalue weighted by Crippen LogP contribution is 2.22. The molecule has 2 aromatic carbocycles. The number of hydrogen-bond donors (Lipinski definition) is 0. The van der Waals surface area contributed by atoms with Gasteiger partial charge in [-0.05, 0) is 43.7 Å². The van der Waals surface area contributed by atoms with Crippen LogP contribution in [0.25, 0.3) is 0 Å². The third kappa shape index (κ3) is 3.68.